The average Bonchev–Trinajstić information content (AvgIpc) is 2.58. The number of benzene rings is 1. The molecule has 0 spiro atoms. The molecule has 5 heteroatoms. The van der Waals surface area contributed by atoms with Gasteiger partial charge in [-0.15, -0.1) is 0 Å². The molecule has 1 atom stereocenters. The average molecular weight is 368 g/mol. The third-order valence-corrected chi connectivity index (χ3v) is 4.90. The van der Waals surface area contributed by atoms with Crippen molar-refractivity contribution >= 4 is 23.4 Å². The van der Waals surface area contributed by atoms with Gasteiger partial charge in [0.05, 0.1) is 0 Å². The Kier molecular flexibility index (Phi) is 9.76. The van der Waals surface area contributed by atoms with Gasteiger partial charge in [0.2, 0.25) is 0 Å². The standard InChI is InChI=1S/C12H14ClNO.C8H16O2/c13-10-6-2-1-5-9(10)12(14)8-4-3-7-11(12)15;1-2-3-4-5-6-7-8(9)10/h1-2,5-6H,3-4,7-8,14H2;2-7H2,1H3,(H,9,10). The number of carbonyl (C=O) groups excluding carboxylic acids is 1. The first-order chi connectivity index (χ1) is 11.9. The first-order valence-corrected chi connectivity index (χ1v) is 9.58. The zero-order valence-corrected chi connectivity index (χ0v) is 15.9. The molecule has 0 saturated heterocycles. The van der Waals surface area contributed by atoms with E-state index in [0.29, 0.717) is 24.3 Å². The summed E-state index contributed by atoms with van der Waals surface area (Å²) < 4.78 is 0. The molecule has 3 N–H and O–H groups in total. The molecule has 1 fully saturated rings. The van der Waals surface area contributed by atoms with Crippen LogP contribution in [-0.2, 0) is 15.1 Å². The molecule has 0 heterocycles. The molecule has 140 valence electrons. The zero-order valence-electron chi connectivity index (χ0n) is 15.1. The van der Waals surface area contributed by atoms with Gasteiger partial charge < -0.3 is 10.8 Å². The van der Waals surface area contributed by atoms with Gasteiger partial charge in [-0.3, -0.25) is 9.59 Å². The molecule has 0 radical (unpaired) electrons. The van der Waals surface area contributed by atoms with Gasteiger partial charge in [-0.25, -0.2) is 0 Å². The predicted octanol–water partition coefficient (Wildman–Crippen LogP) is 5.07. The Morgan fingerprint density at radius 3 is 2.48 bits per heavy atom. The molecule has 0 bridgehead atoms. The van der Waals surface area contributed by atoms with E-state index in [1.54, 1.807) is 6.07 Å². The van der Waals surface area contributed by atoms with Crippen molar-refractivity contribution in [2.24, 2.45) is 5.73 Å². The van der Waals surface area contributed by atoms with Crippen LogP contribution in [0, 0.1) is 0 Å². The fourth-order valence-electron chi connectivity index (χ4n) is 3.04. The number of rotatable bonds is 7. The van der Waals surface area contributed by atoms with Gasteiger partial charge in [0.25, 0.3) is 0 Å². The lowest BCUT2D eigenvalue weighted by Gasteiger charge is -2.32. The Morgan fingerprint density at radius 1 is 1.20 bits per heavy atom. The largest absolute Gasteiger partial charge is 0.481 e. The number of unbranched alkanes of at least 4 members (excludes halogenated alkanes) is 4. The van der Waals surface area contributed by atoms with Crippen molar-refractivity contribution in [1.82, 2.24) is 0 Å². The normalized spacial score (nSPS) is 19.9. The van der Waals surface area contributed by atoms with Crippen LogP contribution in [-0.4, -0.2) is 16.9 Å². The van der Waals surface area contributed by atoms with Crippen LogP contribution in [0.3, 0.4) is 0 Å². The predicted molar refractivity (Wildman–Crippen MR) is 102 cm³/mol. The fourth-order valence-corrected chi connectivity index (χ4v) is 3.34. The fraction of sp³-hybridized carbons (Fsp3) is 0.600. The molecule has 1 aromatic rings. The van der Waals surface area contributed by atoms with Gasteiger partial charge in [-0.05, 0) is 30.9 Å². The van der Waals surface area contributed by atoms with Gasteiger partial charge in [0, 0.05) is 17.9 Å². The van der Waals surface area contributed by atoms with E-state index in [-0.39, 0.29) is 5.78 Å². The second kappa shape index (κ2) is 11.3. The number of ketones is 1. The van der Waals surface area contributed by atoms with E-state index in [1.165, 1.54) is 19.3 Å². The molecule has 1 aliphatic carbocycles. The third-order valence-electron chi connectivity index (χ3n) is 4.57. The van der Waals surface area contributed by atoms with E-state index in [0.717, 1.165) is 31.2 Å². The summed E-state index contributed by atoms with van der Waals surface area (Å²) >= 11 is 6.08. The van der Waals surface area contributed by atoms with Gasteiger partial charge in [-0.1, -0.05) is 68.8 Å². The number of carboxylic acid groups (broad SMARTS) is 1. The number of aliphatic carboxylic acids is 1. The van der Waals surface area contributed by atoms with Gasteiger partial charge in [0.1, 0.15) is 5.54 Å². The van der Waals surface area contributed by atoms with Crippen LogP contribution in [0.4, 0.5) is 0 Å². The molecule has 1 unspecified atom stereocenters. The van der Waals surface area contributed by atoms with Crippen LogP contribution >= 0.6 is 11.6 Å². The van der Waals surface area contributed by atoms with Gasteiger partial charge in [-0.2, -0.15) is 0 Å². The highest BCUT2D eigenvalue weighted by Crippen LogP contribution is 2.35. The van der Waals surface area contributed by atoms with E-state index in [2.05, 4.69) is 6.92 Å². The Morgan fingerprint density at radius 2 is 1.88 bits per heavy atom. The van der Waals surface area contributed by atoms with E-state index < -0.39 is 11.5 Å². The third kappa shape index (κ3) is 7.17. The van der Waals surface area contributed by atoms with Gasteiger partial charge in [0.15, 0.2) is 5.78 Å². The number of hydrogen-bond acceptors (Lipinski definition) is 3. The number of carboxylic acids is 1. The van der Waals surface area contributed by atoms with Gasteiger partial charge >= 0.3 is 5.97 Å². The maximum absolute atomic E-state index is 11.9. The Bertz CT molecular complexity index is 562. The molecule has 1 aliphatic rings. The van der Waals surface area contributed by atoms with E-state index in [1.807, 2.05) is 18.2 Å². The maximum atomic E-state index is 11.9. The molecule has 0 amide bonds. The van der Waals surface area contributed by atoms with Crippen molar-refractivity contribution in [3.05, 3.63) is 34.9 Å². The Balaban J connectivity index is 0.000000275. The minimum absolute atomic E-state index is 0.113. The highest BCUT2D eigenvalue weighted by atomic mass is 35.5. The van der Waals surface area contributed by atoms with Crippen molar-refractivity contribution in [3.63, 3.8) is 0 Å². The van der Waals surface area contributed by atoms with Crippen molar-refractivity contribution in [3.8, 4) is 0 Å². The topological polar surface area (TPSA) is 80.4 Å². The van der Waals surface area contributed by atoms with Crippen molar-refractivity contribution in [2.45, 2.75) is 76.7 Å². The maximum Gasteiger partial charge on any atom is 0.303 e. The van der Waals surface area contributed by atoms with Crippen molar-refractivity contribution in [2.75, 3.05) is 0 Å². The van der Waals surface area contributed by atoms with Crippen LogP contribution in [0.25, 0.3) is 0 Å². The molecule has 2 rings (SSSR count). The molecule has 1 saturated carbocycles. The Hall–Kier alpha value is -1.39. The minimum atomic E-state index is -0.851. The number of hydrogen-bond donors (Lipinski definition) is 2. The number of nitrogens with two attached hydrogens (primary N) is 1. The molecule has 0 aromatic heterocycles. The van der Waals surface area contributed by atoms with Crippen LogP contribution < -0.4 is 5.73 Å². The highest BCUT2D eigenvalue weighted by Gasteiger charge is 2.38. The summed E-state index contributed by atoms with van der Waals surface area (Å²) in [7, 11) is 0. The lowest BCUT2D eigenvalue weighted by atomic mass is 9.76. The molecule has 0 aliphatic heterocycles. The molecular weight excluding hydrogens is 338 g/mol. The zero-order chi connectivity index (χ0) is 18.7. The SMILES string of the molecule is CCCCCCCC(=O)O.NC1(c2ccccc2Cl)CCCCC1=O. The second-order valence-corrected chi connectivity index (χ2v) is 7.05. The van der Waals surface area contributed by atoms with Crippen molar-refractivity contribution < 1.29 is 14.7 Å². The highest BCUT2D eigenvalue weighted by molar-refractivity contribution is 6.31. The van der Waals surface area contributed by atoms with E-state index in [9.17, 15) is 9.59 Å². The summed E-state index contributed by atoms with van der Waals surface area (Å²) in [6.45, 7) is 2.15. The van der Waals surface area contributed by atoms with Crippen LogP contribution in [0.15, 0.2) is 24.3 Å². The van der Waals surface area contributed by atoms with Crippen LogP contribution in [0.1, 0.15) is 76.7 Å². The smallest absolute Gasteiger partial charge is 0.303 e. The molecule has 25 heavy (non-hydrogen) atoms. The second-order valence-electron chi connectivity index (χ2n) is 6.64. The summed E-state index contributed by atoms with van der Waals surface area (Å²) in [5, 5.41) is 8.86. The monoisotopic (exact) mass is 367 g/mol. The van der Waals surface area contributed by atoms with E-state index in [4.69, 9.17) is 22.4 Å². The quantitative estimate of drug-likeness (QED) is 0.659. The molecule has 4 nitrogen and oxygen atoms in total. The van der Waals surface area contributed by atoms with E-state index >= 15 is 0 Å². The number of carbonyl (C=O) groups is 2. The summed E-state index contributed by atoms with van der Waals surface area (Å²) in [6.07, 6.45) is 9.10. The summed E-state index contributed by atoms with van der Waals surface area (Å²) in [5.74, 6) is -0.557. The summed E-state index contributed by atoms with van der Waals surface area (Å²) in [6, 6.07) is 7.36. The van der Waals surface area contributed by atoms with Crippen LogP contribution in [0.2, 0.25) is 5.02 Å². The lowest BCUT2D eigenvalue weighted by molar-refractivity contribution is -0.137. The van der Waals surface area contributed by atoms with Crippen molar-refractivity contribution in [1.29, 1.82) is 0 Å². The lowest BCUT2D eigenvalue weighted by Crippen LogP contribution is -2.47. The number of Topliss-reactive ketones (excluding diaryl/α,β-unsaturated/α-hetero) is 1. The number of halogens is 1. The summed E-state index contributed by atoms with van der Waals surface area (Å²) in [4.78, 5) is 21.9. The molecule has 1 aromatic carbocycles. The summed E-state index contributed by atoms with van der Waals surface area (Å²) in [5.41, 5.74) is 6.11. The van der Waals surface area contributed by atoms with Crippen LogP contribution in [0.5, 0.6) is 0 Å². The first-order valence-electron chi connectivity index (χ1n) is 9.20. The Labute approximate surface area is 155 Å². The molecular formula is C20H30ClNO3. The minimum Gasteiger partial charge on any atom is -0.481 e. The first kappa shape index (κ1) is 21.7.